The molecule has 0 unspecified atom stereocenters. The highest BCUT2D eigenvalue weighted by molar-refractivity contribution is 7.86. The first-order valence-corrected chi connectivity index (χ1v) is 12.0. The lowest BCUT2D eigenvalue weighted by molar-refractivity contribution is 0.0526. The molecule has 0 atom stereocenters. The standard InChI is InChI=1S/C23H22N6O7S/c1-3-36-23(31)14-9-5-7-11-16(14)27-29-21-19(24)17(12-18(20(21)25)37(32,33)34)28-26-15-10-6-4-8-13(15)22(30)35-2/h4-12H,3,24-25H2,1-2H3,(H,32,33,34). The minimum Gasteiger partial charge on any atom is -0.465 e. The normalized spacial score (nSPS) is 11.6. The molecule has 0 aliphatic rings. The Morgan fingerprint density at radius 2 is 1.35 bits per heavy atom. The van der Waals surface area contributed by atoms with E-state index in [1.165, 1.54) is 31.4 Å². The Hall–Kier alpha value is -4.69. The van der Waals surface area contributed by atoms with Crippen LogP contribution in [0.3, 0.4) is 0 Å². The van der Waals surface area contributed by atoms with Crippen LogP contribution in [0.25, 0.3) is 0 Å². The molecule has 0 radical (unpaired) electrons. The molecule has 37 heavy (non-hydrogen) atoms. The highest BCUT2D eigenvalue weighted by Crippen LogP contribution is 2.43. The number of hydrogen-bond donors (Lipinski definition) is 3. The van der Waals surface area contributed by atoms with Gasteiger partial charge in [-0.1, -0.05) is 24.3 Å². The molecule has 0 bridgehead atoms. The molecule has 14 heteroatoms. The van der Waals surface area contributed by atoms with Crippen molar-refractivity contribution in [1.29, 1.82) is 0 Å². The van der Waals surface area contributed by atoms with Crippen LogP contribution in [0, 0.1) is 0 Å². The van der Waals surface area contributed by atoms with E-state index in [-0.39, 0.29) is 46.2 Å². The van der Waals surface area contributed by atoms with Crippen molar-refractivity contribution in [2.45, 2.75) is 11.8 Å². The second-order valence-corrected chi connectivity index (χ2v) is 8.58. The Bertz CT molecular complexity index is 1520. The molecule has 0 heterocycles. The first-order chi connectivity index (χ1) is 17.6. The van der Waals surface area contributed by atoms with Crippen LogP contribution in [0.15, 0.2) is 79.9 Å². The number of nitrogens with zero attached hydrogens (tertiary/aromatic N) is 4. The van der Waals surface area contributed by atoms with Crippen LogP contribution in [0.5, 0.6) is 0 Å². The van der Waals surface area contributed by atoms with Crippen LogP contribution in [-0.2, 0) is 19.6 Å². The van der Waals surface area contributed by atoms with Gasteiger partial charge in [-0.2, -0.15) is 8.42 Å². The molecule has 5 N–H and O–H groups in total. The highest BCUT2D eigenvalue weighted by atomic mass is 32.2. The highest BCUT2D eigenvalue weighted by Gasteiger charge is 2.23. The fourth-order valence-electron chi connectivity index (χ4n) is 3.06. The summed E-state index contributed by atoms with van der Waals surface area (Å²) in [5.41, 5.74) is 11.1. The summed E-state index contributed by atoms with van der Waals surface area (Å²) < 4.78 is 43.4. The molecule has 0 amide bonds. The summed E-state index contributed by atoms with van der Waals surface area (Å²) in [5, 5.41) is 15.8. The molecule has 3 aromatic rings. The maximum absolute atomic E-state index is 12.2. The van der Waals surface area contributed by atoms with E-state index in [2.05, 4.69) is 20.5 Å². The van der Waals surface area contributed by atoms with Gasteiger partial charge >= 0.3 is 11.9 Å². The van der Waals surface area contributed by atoms with Crippen molar-refractivity contribution in [3.05, 3.63) is 65.7 Å². The number of rotatable bonds is 8. The summed E-state index contributed by atoms with van der Waals surface area (Å²) in [7, 11) is -3.65. The van der Waals surface area contributed by atoms with Gasteiger partial charge in [0.15, 0.2) is 0 Å². The molecular weight excluding hydrogens is 504 g/mol. The van der Waals surface area contributed by atoms with Gasteiger partial charge in [-0.15, -0.1) is 20.5 Å². The Balaban J connectivity index is 2.15. The van der Waals surface area contributed by atoms with E-state index in [0.29, 0.717) is 0 Å². The van der Waals surface area contributed by atoms with Crippen LogP contribution in [0.2, 0.25) is 0 Å². The average Bonchev–Trinajstić information content (AvgIpc) is 2.87. The van der Waals surface area contributed by atoms with Crippen LogP contribution in [-0.4, -0.2) is 38.6 Å². The number of azo groups is 2. The molecule has 0 aromatic heterocycles. The molecule has 192 valence electrons. The number of esters is 2. The zero-order valence-corrected chi connectivity index (χ0v) is 20.5. The van der Waals surface area contributed by atoms with Crippen molar-refractivity contribution >= 4 is 56.2 Å². The van der Waals surface area contributed by atoms with Crippen molar-refractivity contribution in [2.75, 3.05) is 25.2 Å². The first-order valence-electron chi connectivity index (χ1n) is 10.5. The smallest absolute Gasteiger partial charge is 0.340 e. The van der Waals surface area contributed by atoms with Gasteiger partial charge in [0, 0.05) is 0 Å². The van der Waals surface area contributed by atoms with E-state index < -0.39 is 32.6 Å². The number of hydrogen-bond acceptors (Lipinski definition) is 12. The zero-order valence-electron chi connectivity index (χ0n) is 19.7. The first kappa shape index (κ1) is 26.9. The minimum absolute atomic E-state index is 0.0900. The predicted octanol–water partition coefficient (Wildman–Crippen LogP) is 4.89. The second kappa shape index (κ2) is 11.4. The van der Waals surface area contributed by atoms with E-state index in [1.807, 2.05) is 0 Å². The lowest BCUT2D eigenvalue weighted by Gasteiger charge is -2.11. The van der Waals surface area contributed by atoms with Crippen LogP contribution in [0.4, 0.5) is 34.1 Å². The molecule has 0 saturated heterocycles. The molecule has 0 aliphatic carbocycles. The van der Waals surface area contributed by atoms with Gasteiger partial charge < -0.3 is 20.9 Å². The maximum Gasteiger partial charge on any atom is 0.340 e. The summed E-state index contributed by atoms with van der Waals surface area (Å²) >= 11 is 0. The molecule has 0 aliphatic heterocycles. The number of nitrogens with two attached hydrogens (primary N) is 2. The van der Waals surface area contributed by atoms with Crippen LogP contribution < -0.4 is 11.5 Å². The van der Waals surface area contributed by atoms with Gasteiger partial charge in [0.2, 0.25) is 0 Å². The number of carbonyl (C=O) groups is 2. The van der Waals surface area contributed by atoms with Crippen molar-refractivity contribution < 1.29 is 32.0 Å². The Labute approximate surface area is 211 Å². The Morgan fingerprint density at radius 3 is 1.89 bits per heavy atom. The molecule has 3 rings (SSSR count). The van der Waals surface area contributed by atoms with Gasteiger partial charge in [0.05, 0.1) is 36.2 Å². The van der Waals surface area contributed by atoms with Crippen molar-refractivity contribution in [1.82, 2.24) is 0 Å². The van der Waals surface area contributed by atoms with Gasteiger partial charge in [0.1, 0.15) is 27.6 Å². The van der Waals surface area contributed by atoms with E-state index in [9.17, 15) is 22.6 Å². The molecule has 13 nitrogen and oxygen atoms in total. The number of benzene rings is 3. The van der Waals surface area contributed by atoms with E-state index >= 15 is 0 Å². The van der Waals surface area contributed by atoms with E-state index in [1.54, 1.807) is 31.2 Å². The third-order valence-electron chi connectivity index (χ3n) is 4.83. The molecule has 0 fully saturated rings. The number of methoxy groups -OCH3 is 1. The van der Waals surface area contributed by atoms with Gasteiger partial charge in [-0.25, -0.2) is 9.59 Å². The second-order valence-electron chi connectivity index (χ2n) is 7.19. The van der Waals surface area contributed by atoms with Gasteiger partial charge in [0.25, 0.3) is 10.1 Å². The minimum atomic E-state index is -4.85. The number of nitrogen functional groups attached to an aromatic ring is 2. The maximum atomic E-state index is 12.2. The molecule has 0 spiro atoms. The lowest BCUT2D eigenvalue weighted by atomic mass is 10.2. The third kappa shape index (κ3) is 6.12. The van der Waals surface area contributed by atoms with Crippen molar-refractivity contribution in [3.63, 3.8) is 0 Å². The lowest BCUT2D eigenvalue weighted by Crippen LogP contribution is -2.05. The van der Waals surface area contributed by atoms with Gasteiger partial charge in [-0.3, -0.25) is 4.55 Å². The fourth-order valence-corrected chi connectivity index (χ4v) is 3.70. The number of anilines is 2. The van der Waals surface area contributed by atoms with Crippen molar-refractivity contribution in [2.24, 2.45) is 20.5 Å². The largest absolute Gasteiger partial charge is 0.465 e. The summed E-state index contributed by atoms with van der Waals surface area (Å²) in [6.07, 6.45) is 0. The Morgan fingerprint density at radius 1 is 0.838 bits per heavy atom. The summed E-state index contributed by atoms with van der Waals surface area (Å²) in [6.45, 7) is 1.78. The summed E-state index contributed by atoms with van der Waals surface area (Å²) in [5.74, 6) is -1.32. The summed E-state index contributed by atoms with van der Waals surface area (Å²) in [4.78, 5) is 23.5. The number of ether oxygens (including phenoxy) is 2. The van der Waals surface area contributed by atoms with Crippen LogP contribution in [0.1, 0.15) is 27.6 Å². The van der Waals surface area contributed by atoms with E-state index in [0.717, 1.165) is 6.07 Å². The predicted molar refractivity (Wildman–Crippen MR) is 134 cm³/mol. The SMILES string of the molecule is CCOC(=O)c1ccccc1N=Nc1c(N)c(N=Nc2ccccc2C(=O)OC)cc(S(=O)(=O)O)c1N. The third-order valence-corrected chi connectivity index (χ3v) is 5.72. The topological polar surface area (TPSA) is 208 Å². The molecule has 0 saturated carbocycles. The van der Waals surface area contributed by atoms with Crippen molar-refractivity contribution in [3.8, 4) is 0 Å². The molecule has 3 aromatic carbocycles. The van der Waals surface area contributed by atoms with Crippen LogP contribution >= 0.6 is 0 Å². The quantitative estimate of drug-likeness (QED) is 0.158. The van der Waals surface area contributed by atoms with E-state index in [4.69, 9.17) is 20.9 Å². The molecular formula is C23H22N6O7S. The zero-order chi connectivity index (χ0) is 27.2. The average molecular weight is 527 g/mol. The van der Waals surface area contributed by atoms with Gasteiger partial charge in [-0.05, 0) is 37.3 Å². The fraction of sp³-hybridized carbons (Fsp3) is 0.130. The monoisotopic (exact) mass is 526 g/mol. The Kier molecular flexibility index (Phi) is 8.26. The summed E-state index contributed by atoms with van der Waals surface area (Å²) in [6, 6.07) is 13.1. The number of carbonyl (C=O) groups excluding carboxylic acids is 2.